The van der Waals surface area contributed by atoms with Gasteiger partial charge in [0.2, 0.25) is 5.91 Å². The molecule has 35 heavy (non-hydrogen) atoms. The van der Waals surface area contributed by atoms with Crippen molar-refractivity contribution < 1.29 is 33.0 Å². The number of amides is 2. The lowest BCUT2D eigenvalue weighted by molar-refractivity contribution is -0.142. The lowest BCUT2D eigenvalue weighted by Gasteiger charge is -2.40. The second kappa shape index (κ2) is 10.4. The normalized spacial score (nSPS) is 16.5. The molecule has 0 bridgehead atoms. The molecule has 4 rings (SSSR count). The van der Waals surface area contributed by atoms with E-state index in [1.165, 1.54) is 0 Å². The van der Waals surface area contributed by atoms with Crippen LogP contribution >= 0.6 is 0 Å². The van der Waals surface area contributed by atoms with Gasteiger partial charge in [-0.05, 0) is 40.5 Å². The third-order valence-corrected chi connectivity index (χ3v) is 6.96. The van der Waals surface area contributed by atoms with Gasteiger partial charge in [0.25, 0.3) is 6.43 Å². The van der Waals surface area contributed by atoms with Crippen LogP contribution in [0.4, 0.5) is 13.6 Å². The first kappa shape index (κ1) is 24.6. The van der Waals surface area contributed by atoms with Gasteiger partial charge in [0, 0.05) is 12.5 Å². The van der Waals surface area contributed by atoms with Gasteiger partial charge in [0.1, 0.15) is 12.6 Å². The number of hydrogen-bond donors (Lipinski definition) is 3. The first-order valence-electron chi connectivity index (χ1n) is 11.7. The Morgan fingerprint density at radius 1 is 1.03 bits per heavy atom. The molecule has 2 aliphatic rings. The SMILES string of the molecule is O=C(O)CC1(CNC(=O)CC(NC(=O)OCC2c3ccccc3-c3ccccc32)C(F)F)CCC1. The predicted octanol–water partition coefficient (Wildman–Crippen LogP) is 4.31. The molecule has 0 aliphatic heterocycles. The quantitative estimate of drug-likeness (QED) is 0.464. The van der Waals surface area contributed by atoms with Crippen molar-refractivity contribution in [1.82, 2.24) is 10.6 Å². The molecular weight excluding hydrogens is 458 g/mol. The van der Waals surface area contributed by atoms with E-state index in [4.69, 9.17) is 9.84 Å². The number of nitrogens with one attached hydrogen (secondary N) is 2. The van der Waals surface area contributed by atoms with Crippen molar-refractivity contribution in [3.63, 3.8) is 0 Å². The molecule has 2 aromatic carbocycles. The Bertz CT molecular complexity index is 1060. The third kappa shape index (κ3) is 5.61. The van der Waals surface area contributed by atoms with Crippen LogP contribution in [-0.2, 0) is 14.3 Å². The zero-order valence-electron chi connectivity index (χ0n) is 19.1. The number of carbonyl (C=O) groups excluding carboxylic acids is 2. The number of carboxylic acids is 1. The number of carbonyl (C=O) groups is 3. The van der Waals surface area contributed by atoms with Crippen molar-refractivity contribution in [3.05, 3.63) is 59.7 Å². The molecule has 3 N–H and O–H groups in total. The first-order valence-corrected chi connectivity index (χ1v) is 11.7. The van der Waals surface area contributed by atoms with Gasteiger partial charge in [-0.1, -0.05) is 55.0 Å². The molecule has 0 aromatic heterocycles. The Labute approximate surface area is 201 Å². The van der Waals surface area contributed by atoms with Gasteiger partial charge in [0.15, 0.2) is 0 Å². The van der Waals surface area contributed by atoms with Crippen LogP contribution in [0.2, 0.25) is 0 Å². The van der Waals surface area contributed by atoms with Crippen molar-refractivity contribution in [2.24, 2.45) is 5.41 Å². The van der Waals surface area contributed by atoms with Gasteiger partial charge < -0.3 is 20.5 Å². The number of halogens is 2. The summed E-state index contributed by atoms with van der Waals surface area (Å²) < 4.78 is 32.4. The lowest BCUT2D eigenvalue weighted by atomic mass is 9.66. The summed E-state index contributed by atoms with van der Waals surface area (Å²) in [6.45, 7) is 0.0821. The molecule has 1 atom stereocenters. The van der Waals surface area contributed by atoms with Crippen LogP contribution < -0.4 is 10.6 Å². The maximum absolute atomic E-state index is 13.6. The van der Waals surface area contributed by atoms with Crippen molar-refractivity contribution >= 4 is 18.0 Å². The number of aliphatic carboxylic acids is 1. The number of rotatable bonds is 10. The van der Waals surface area contributed by atoms with E-state index in [1.807, 2.05) is 48.5 Å². The molecule has 2 amide bonds. The summed E-state index contributed by atoms with van der Waals surface area (Å²) in [5, 5.41) is 13.7. The number of ether oxygens (including phenoxy) is 1. The van der Waals surface area contributed by atoms with E-state index in [2.05, 4.69) is 10.6 Å². The third-order valence-electron chi connectivity index (χ3n) is 6.96. The molecule has 7 nitrogen and oxygen atoms in total. The molecular formula is C26H28F2N2O5. The second-order valence-electron chi connectivity index (χ2n) is 9.32. The molecule has 0 spiro atoms. The molecule has 0 saturated heterocycles. The minimum Gasteiger partial charge on any atom is -0.481 e. The van der Waals surface area contributed by atoms with E-state index < -0.39 is 42.3 Å². The summed E-state index contributed by atoms with van der Waals surface area (Å²) in [5.41, 5.74) is 3.56. The average molecular weight is 487 g/mol. The van der Waals surface area contributed by atoms with E-state index in [1.54, 1.807) is 0 Å². The van der Waals surface area contributed by atoms with Gasteiger partial charge in [-0.25, -0.2) is 13.6 Å². The highest BCUT2D eigenvalue weighted by molar-refractivity contribution is 5.80. The fourth-order valence-corrected chi connectivity index (χ4v) is 4.97. The van der Waals surface area contributed by atoms with E-state index in [0.717, 1.165) is 28.7 Å². The molecule has 0 radical (unpaired) electrons. The largest absolute Gasteiger partial charge is 0.481 e. The molecule has 2 aromatic rings. The number of alkyl carbamates (subject to hydrolysis) is 1. The fraction of sp³-hybridized carbons (Fsp3) is 0.423. The monoisotopic (exact) mass is 486 g/mol. The molecule has 1 saturated carbocycles. The molecule has 1 fully saturated rings. The number of carboxylic acid groups (broad SMARTS) is 1. The topological polar surface area (TPSA) is 105 Å². The summed E-state index contributed by atoms with van der Waals surface area (Å²) in [7, 11) is 0. The van der Waals surface area contributed by atoms with Gasteiger partial charge in [-0.3, -0.25) is 9.59 Å². The van der Waals surface area contributed by atoms with Gasteiger partial charge in [0.05, 0.1) is 12.8 Å². The Morgan fingerprint density at radius 2 is 1.63 bits per heavy atom. The summed E-state index contributed by atoms with van der Waals surface area (Å²) in [4.78, 5) is 35.7. The highest BCUT2D eigenvalue weighted by Crippen LogP contribution is 2.45. The Kier molecular flexibility index (Phi) is 7.33. The summed E-state index contributed by atoms with van der Waals surface area (Å²) in [6.07, 6.45) is -2.52. The van der Waals surface area contributed by atoms with Crippen LogP contribution in [0.15, 0.2) is 48.5 Å². The first-order chi connectivity index (χ1) is 16.8. The van der Waals surface area contributed by atoms with E-state index in [9.17, 15) is 23.2 Å². The summed E-state index contributed by atoms with van der Waals surface area (Å²) >= 11 is 0. The van der Waals surface area contributed by atoms with Crippen LogP contribution in [-0.4, -0.2) is 48.7 Å². The summed E-state index contributed by atoms with van der Waals surface area (Å²) in [5.74, 6) is -1.85. The highest BCUT2D eigenvalue weighted by Gasteiger charge is 2.39. The summed E-state index contributed by atoms with van der Waals surface area (Å²) in [6, 6.07) is 13.8. The smallest absolute Gasteiger partial charge is 0.407 e. The minimum absolute atomic E-state index is 0.0281. The van der Waals surface area contributed by atoms with Crippen LogP contribution in [0.25, 0.3) is 11.1 Å². The number of alkyl halides is 2. The molecule has 0 heterocycles. The zero-order chi connectivity index (χ0) is 25.0. The predicted molar refractivity (Wildman–Crippen MR) is 124 cm³/mol. The maximum atomic E-state index is 13.6. The van der Waals surface area contributed by atoms with Crippen molar-refractivity contribution in [1.29, 1.82) is 0 Å². The van der Waals surface area contributed by atoms with Crippen molar-refractivity contribution in [2.45, 2.75) is 50.5 Å². The second-order valence-corrected chi connectivity index (χ2v) is 9.32. The standard InChI is InChI=1S/C26H28F2N2O5/c27-24(28)21(12-22(31)29-15-26(10-5-11-26)13-23(32)33)30-25(34)35-14-20-18-8-3-1-6-16(18)17-7-2-4-9-19(17)20/h1-4,6-9,20-21,24H,5,10-15H2,(H,29,31)(H,30,34)(H,32,33). The highest BCUT2D eigenvalue weighted by atomic mass is 19.3. The lowest BCUT2D eigenvalue weighted by Crippen LogP contribution is -2.47. The maximum Gasteiger partial charge on any atom is 0.407 e. The number of benzene rings is 2. The van der Waals surface area contributed by atoms with Crippen LogP contribution in [0, 0.1) is 5.41 Å². The average Bonchev–Trinajstić information content (AvgIpc) is 3.12. The fourth-order valence-electron chi connectivity index (χ4n) is 4.97. The van der Waals surface area contributed by atoms with E-state index in [0.29, 0.717) is 12.8 Å². The Hall–Kier alpha value is -3.49. The molecule has 1 unspecified atom stereocenters. The van der Waals surface area contributed by atoms with Crippen molar-refractivity contribution in [2.75, 3.05) is 13.2 Å². The van der Waals surface area contributed by atoms with Crippen LogP contribution in [0.3, 0.4) is 0 Å². The van der Waals surface area contributed by atoms with Gasteiger partial charge in [-0.15, -0.1) is 0 Å². The number of hydrogen-bond acceptors (Lipinski definition) is 4. The Balaban J connectivity index is 1.31. The van der Waals surface area contributed by atoms with Crippen molar-refractivity contribution in [3.8, 4) is 11.1 Å². The van der Waals surface area contributed by atoms with Crippen LogP contribution in [0.1, 0.15) is 49.1 Å². The van der Waals surface area contributed by atoms with E-state index in [-0.39, 0.29) is 25.5 Å². The number of fused-ring (bicyclic) bond motifs is 3. The van der Waals surface area contributed by atoms with Gasteiger partial charge in [-0.2, -0.15) is 0 Å². The van der Waals surface area contributed by atoms with Gasteiger partial charge >= 0.3 is 12.1 Å². The molecule has 2 aliphatic carbocycles. The Morgan fingerprint density at radius 3 is 2.14 bits per heavy atom. The zero-order valence-corrected chi connectivity index (χ0v) is 19.1. The minimum atomic E-state index is -2.97. The van der Waals surface area contributed by atoms with Crippen LogP contribution in [0.5, 0.6) is 0 Å². The van der Waals surface area contributed by atoms with E-state index >= 15 is 0 Å². The molecule has 186 valence electrons. The molecule has 9 heteroatoms.